The number of ether oxygens (including phenoxy) is 1. The molecule has 116 valence electrons. The number of nitrogens with one attached hydrogen (secondary N) is 1. The van der Waals surface area contributed by atoms with Crippen LogP contribution >= 0.6 is 31.9 Å². The van der Waals surface area contributed by atoms with Gasteiger partial charge in [0.25, 0.3) is 5.91 Å². The molecule has 0 saturated heterocycles. The molecule has 2 rings (SSSR count). The molecule has 3 nitrogen and oxygen atoms in total. The second-order valence-electron chi connectivity index (χ2n) is 4.90. The molecular formula is C17H17Br2NO2. The van der Waals surface area contributed by atoms with Crippen LogP contribution in [0.1, 0.15) is 18.1 Å². The second kappa shape index (κ2) is 7.79. The zero-order valence-corrected chi connectivity index (χ0v) is 15.6. The van der Waals surface area contributed by atoms with Gasteiger partial charge >= 0.3 is 0 Å². The van der Waals surface area contributed by atoms with E-state index in [2.05, 4.69) is 44.1 Å². The van der Waals surface area contributed by atoms with Crippen LogP contribution in [0, 0.1) is 6.92 Å². The molecule has 2 aromatic rings. The SMILES string of the molecule is CCc1cc(Br)ccc1OCC(=O)Nc1ccc(Br)cc1C. The average molecular weight is 427 g/mol. The molecule has 2 aromatic carbocycles. The minimum Gasteiger partial charge on any atom is -0.483 e. The highest BCUT2D eigenvalue weighted by atomic mass is 79.9. The molecule has 0 aliphatic rings. The van der Waals surface area contributed by atoms with Crippen LogP contribution in [0.15, 0.2) is 45.3 Å². The van der Waals surface area contributed by atoms with Crippen molar-refractivity contribution in [3.63, 3.8) is 0 Å². The van der Waals surface area contributed by atoms with Crippen molar-refractivity contribution in [2.75, 3.05) is 11.9 Å². The summed E-state index contributed by atoms with van der Waals surface area (Å²) in [5, 5.41) is 2.86. The number of halogens is 2. The Morgan fingerprint density at radius 1 is 1.14 bits per heavy atom. The molecule has 0 aliphatic carbocycles. The number of carbonyl (C=O) groups excluding carboxylic acids is 1. The first-order valence-corrected chi connectivity index (χ1v) is 8.55. The first-order valence-electron chi connectivity index (χ1n) is 6.97. The maximum atomic E-state index is 12.0. The molecule has 1 N–H and O–H groups in total. The molecule has 0 spiro atoms. The van der Waals surface area contributed by atoms with E-state index in [9.17, 15) is 4.79 Å². The minimum atomic E-state index is -0.171. The monoisotopic (exact) mass is 425 g/mol. The van der Waals surface area contributed by atoms with Gasteiger partial charge in [-0.3, -0.25) is 4.79 Å². The van der Waals surface area contributed by atoms with Gasteiger partial charge in [0.1, 0.15) is 5.75 Å². The lowest BCUT2D eigenvalue weighted by molar-refractivity contribution is -0.118. The average Bonchev–Trinajstić information content (AvgIpc) is 2.48. The molecule has 0 bridgehead atoms. The van der Waals surface area contributed by atoms with Gasteiger partial charge < -0.3 is 10.1 Å². The van der Waals surface area contributed by atoms with Crippen molar-refractivity contribution in [2.24, 2.45) is 0 Å². The lowest BCUT2D eigenvalue weighted by Gasteiger charge is -2.12. The Morgan fingerprint density at radius 3 is 2.50 bits per heavy atom. The van der Waals surface area contributed by atoms with E-state index in [1.807, 2.05) is 43.3 Å². The topological polar surface area (TPSA) is 38.3 Å². The molecule has 0 unspecified atom stereocenters. The molecule has 1 amide bonds. The molecule has 0 aliphatic heterocycles. The summed E-state index contributed by atoms with van der Waals surface area (Å²) in [6.07, 6.45) is 0.849. The number of hydrogen-bond donors (Lipinski definition) is 1. The number of anilines is 1. The minimum absolute atomic E-state index is 0.00979. The van der Waals surface area contributed by atoms with Crippen LogP contribution in [0.4, 0.5) is 5.69 Å². The lowest BCUT2D eigenvalue weighted by atomic mass is 10.1. The van der Waals surface area contributed by atoms with Gasteiger partial charge in [-0.1, -0.05) is 38.8 Å². The molecule has 22 heavy (non-hydrogen) atoms. The number of amides is 1. The van der Waals surface area contributed by atoms with E-state index >= 15 is 0 Å². The van der Waals surface area contributed by atoms with E-state index in [-0.39, 0.29) is 12.5 Å². The van der Waals surface area contributed by atoms with Crippen molar-refractivity contribution in [2.45, 2.75) is 20.3 Å². The van der Waals surface area contributed by atoms with Gasteiger partial charge in [-0.15, -0.1) is 0 Å². The maximum absolute atomic E-state index is 12.0. The largest absolute Gasteiger partial charge is 0.483 e. The van der Waals surface area contributed by atoms with Crippen LogP contribution in [0.2, 0.25) is 0 Å². The number of aryl methyl sites for hydroxylation is 2. The van der Waals surface area contributed by atoms with E-state index in [1.54, 1.807) is 0 Å². The zero-order chi connectivity index (χ0) is 16.1. The third kappa shape index (κ3) is 4.58. The molecule has 0 aromatic heterocycles. The van der Waals surface area contributed by atoms with Crippen molar-refractivity contribution in [1.82, 2.24) is 0 Å². The third-order valence-corrected chi connectivity index (χ3v) is 4.21. The Morgan fingerprint density at radius 2 is 1.82 bits per heavy atom. The van der Waals surface area contributed by atoms with Crippen LogP contribution in [-0.4, -0.2) is 12.5 Å². The number of rotatable bonds is 5. The lowest BCUT2D eigenvalue weighted by Crippen LogP contribution is -2.21. The quantitative estimate of drug-likeness (QED) is 0.722. The number of benzene rings is 2. The second-order valence-corrected chi connectivity index (χ2v) is 6.73. The van der Waals surface area contributed by atoms with Crippen LogP contribution < -0.4 is 10.1 Å². The van der Waals surface area contributed by atoms with Gasteiger partial charge in [-0.2, -0.15) is 0 Å². The van der Waals surface area contributed by atoms with Crippen LogP contribution in [0.25, 0.3) is 0 Å². The third-order valence-electron chi connectivity index (χ3n) is 3.22. The van der Waals surface area contributed by atoms with Crippen molar-refractivity contribution in [3.8, 4) is 5.75 Å². The van der Waals surface area contributed by atoms with Gasteiger partial charge in [0, 0.05) is 14.6 Å². The molecule has 5 heteroatoms. The fourth-order valence-electron chi connectivity index (χ4n) is 2.06. The van der Waals surface area contributed by atoms with Gasteiger partial charge in [-0.05, 0) is 60.9 Å². The summed E-state index contributed by atoms with van der Waals surface area (Å²) < 4.78 is 7.63. The van der Waals surface area contributed by atoms with Gasteiger partial charge in [0.05, 0.1) is 0 Å². The van der Waals surface area contributed by atoms with Crippen molar-refractivity contribution in [3.05, 3.63) is 56.5 Å². The van der Waals surface area contributed by atoms with Gasteiger partial charge in [0.2, 0.25) is 0 Å². The first kappa shape index (κ1) is 17.0. The molecule has 0 atom stereocenters. The summed E-state index contributed by atoms with van der Waals surface area (Å²) in [5.74, 6) is 0.573. The van der Waals surface area contributed by atoms with E-state index in [0.29, 0.717) is 0 Å². The van der Waals surface area contributed by atoms with Crippen LogP contribution in [0.3, 0.4) is 0 Å². The smallest absolute Gasteiger partial charge is 0.262 e. The highest BCUT2D eigenvalue weighted by molar-refractivity contribution is 9.10. The molecular weight excluding hydrogens is 410 g/mol. The van der Waals surface area contributed by atoms with Crippen LogP contribution in [0.5, 0.6) is 5.75 Å². The van der Waals surface area contributed by atoms with E-state index < -0.39 is 0 Å². The Labute approximate surface area is 147 Å². The Kier molecular flexibility index (Phi) is 6.03. The maximum Gasteiger partial charge on any atom is 0.262 e. The van der Waals surface area contributed by atoms with Gasteiger partial charge in [0.15, 0.2) is 6.61 Å². The predicted molar refractivity (Wildman–Crippen MR) is 96.5 cm³/mol. The van der Waals surface area contributed by atoms with Crippen molar-refractivity contribution < 1.29 is 9.53 Å². The Bertz CT molecular complexity index is 686. The fraction of sp³-hybridized carbons (Fsp3) is 0.235. The summed E-state index contributed by atoms with van der Waals surface area (Å²) in [5.41, 5.74) is 2.87. The summed E-state index contributed by atoms with van der Waals surface area (Å²) in [7, 11) is 0. The number of hydrogen-bond acceptors (Lipinski definition) is 2. The Balaban J connectivity index is 1.98. The summed E-state index contributed by atoms with van der Waals surface area (Å²) >= 11 is 6.84. The molecule has 0 heterocycles. The summed E-state index contributed by atoms with van der Waals surface area (Å²) in [6.45, 7) is 4.00. The number of carbonyl (C=O) groups is 1. The van der Waals surface area contributed by atoms with Crippen molar-refractivity contribution in [1.29, 1.82) is 0 Å². The first-order chi connectivity index (χ1) is 10.5. The summed E-state index contributed by atoms with van der Waals surface area (Å²) in [4.78, 5) is 12.0. The van der Waals surface area contributed by atoms with Gasteiger partial charge in [-0.25, -0.2) is 0 Å². The highest BCUT2D eigenvalue weighted by Crippen LogP contribution is 2.24. The molecule has 0 fully saturated rings. The fourth-order valence-corrected chi connectivity index (χ4v) is 2.95. The van der Waals surface area contributed by atoms with Crippen molar-refractivity contribution >= 4 is 43.5 Å². The van der Waals surface area contributed by atoms with E-state index in [4.69, 9.17) is 4.74 Å². The van der Waals surface area contributed by atoms with E-state index in [0.717, 1.165) is 37.9 Å². The Hall–Kier alpha value is -1.33. The summed E-state index contributed by atoms with van der Waals surface area (Å²) in [6, 6.07) is 11.5. The van der Waals surface area contributed by atoms with Crippen LogP contribution in [-0.2, 0) is 11.2 Å². The molecule has 0 saturated carbocycles. The predicted octanol–water partition coefficient (Wildman–Crippen LogP) is 5.10. The van der Waals surface area contributed by atoms with E-state index in [1.165, 1.54) is 0 Å². The standard InChI is InChI=1S/C17H17Br2NO2/c1-3-12-9-14(19)5-7-16(12)22-10-17(21)20-15-6-4-13(18)8-11(15)2/h4-9H,3,10H2,1-2H3,(H,20,21). The molecule has 0 radical (unpaired) electrons. The zero-order valence-electron chi connectivity index (χ0n) is 12.5. The highest BCUT2D eigenvalue weighted by Gasteiger charge is 2.08. The normalized spacial score (nSPS) is 10.4.